The second-order valence-corrected chi connectivity index (χ2v) is 5.07. The van der Waals surface area contributed by atoms with Crippen molar-refractivity contribution in [1.82, 2.24) is 10.6 Å². The van der Waals surface area contributed by atoms with Crippen molar-refractivity contribution in [2.75, 3.05) is 38.5 Å². The second kappa shape index (κ2) is 8.37. The first-order chi connectivity index (χ1) is 9.07. The van der Waals surface area contributed by atoms with Gasteiger partial charge in [-0.05, 0) is 28.1 Å². The van der Waals surface area contributed by atoms with E-state index in [9.17, 15) is 4.79 Å². The van der Waals surface area contributed by atoms with Crippen molar-refractivity contribution < 1.29 is 9.90 Å². The fraction of sp³-hybridized carbons (Fsp3) is 0.417. The highest BCUT2D eigenvalue weighted by Crippen LogP contribution is 2.32. The Hall–Kier alpha value is -0.820. The van der Waals surface area contributed by atoms with Gasteiger partial charge in [-0.3, -0.25) is 0 Å². The van der Waals surface area contributed by atoms with Crippen LogP contribution in [0.3, 0.4) is 0 Å². The standard InChI is InChI=1S/C8H7BrClNO2.C4H10N2/c1-11-7-4(8(12)13)2-3-5(9)6(7)10;1-2-6-4-3-5-1/h2-3,11H,1H3,(H,12,13);5-6H,1-4H2. The summed E-state index contributed by atoms with van der Waals surface area (Å²) in [5, 5.41) is 18.4. The van der Waals surface area contributed by atoms with E-state index in [4.69, 9.17) is 16.7 Å². The molecule has 0 saturated carbocycles. The average molecular weight is 351 g/mol. The van der Waals surface area contributed by atoms with Gasteiger partial charge in [0.05, 0.1) is 16.3 Å². The SMILES string of the molecule is C1CNCCN1.CNc1c(C(=O)O)ccc(Br)c1Cl. The Bertz CT molecular complexity index is 428. The monoisotopic (exact) mass is 349 g/mol. The molecule has 0 atom stereocenters. The molecular weight excluding hydrogens is 334 g/mol. The lowest BCUT2D eigenvalue weighted by Crippen LogP contribution is -2.39. The zero-order chi connectivity index (χ0) is 14.3. The van der Waals surface area contributed by atoms with Crippen molar-refractivity contribution in [2.45, 2.75) is 0 Å². The van der Waals surface area contributed by atoms with Crippen LogP contribution < -0.4 is 16.0 Å². The van der Waals surface area contributed by atoms with Crippen LogP contribution in [0.25, 0.3) is 0 Å². The molecule has 1 fully saturated rings. The van der Waals surface area contributed by atoms with Gasteiger partial charge >= 0.3 is 5.97 Å². The number of piperazine rings is 1. The first-order valence-corrected chi connectivity index (χ1v) is 7.05. The number of benzene rings is 1. The zero-order valence-corrected chi connectivity index (χ0v) is 12.9. The van der Waals surface area contributed by atoms with Gasteiger partial charge in [0.25, 0.3) is 0 Å². The van der Waals surface area contributed by atoms with Crippen LogP contribution in [-0.2, 0) is 0 Å². The summed E-state index contributed by atoms with van der Waals surface area (Å²) in [7, 11) is 1.63. The van der Waals surface area contributed by atoms with E-state index in [0.29, 0.717) is 15.2 Å². The van der Waals surface area contributed by atoms with Gasteiger partial charge in [0.1, 0.15) is 0 Å². The maximum atomic E-state index is 10.7. The number of aromatic carboxylic acids is 1. The summed E-state index contributed by atoms with van der Waals surface area (Å²) in [5.74, 6) is -1.00. The Balaban J connectivity index is 0.000000250. The molecule has 106 valence electrons. The first kappa shape index (κ1) is 16.2. The Morgan fingerprint density at radius 1 is 1.32 bits per heavy atom. The van der Waals surface area contributed by atoms with Gasteiger partial charge in [0, 0.05) is 37.7 Å². The molecule has 0 radical (unpaired) electrons. The predicted molar refractivity (Wildman–Crippen MR) is 81.4 cm³/mol. The van der Waals surface area contributed by atoms with Gasteiger partial charge in [0.2, 0.25) is 0 Å². The number of hydrogen-bond donors (Lipinski definition) is 4. The molecule has 1 saturated heterocycles. The molecule has 1 aromatic carbocycles. The van der Waals surface area contributed by atoms with Crippen molar-refractivity contribution in [3.63, 3.8) is 0 Å². The van der Waals surface area contributed by atoms with E-state index in [2.05, 4.69) is 31.9 Å². The molecule has 19 heavy (non-hydrogen) atoms. The van der Waals surface area contributed by atoms with Gasteiger partial charge in [-0.25, -0.2) is 4.79 Å². The molecule has 0 aromatic heterocycles. The van der Waals surface area contributed by atoms with Crippen molar-refractivity contribution in [3.05, 3.63) is 27.2 Å². The molecule has 1 aliphatic rings. The van der Waals surface area contributed by atoms with E-state index < -0.39 is 5.97 Å². The predicted octanol–water partition coefficient (Wildman–Crippen LogP) is 2.02. The molecule has 1 aliphatic heterocycles. The number of carboxylic acid groups (broad SMARTS) is 1. The summed E-state index contributed by atoms with van der Waals surface area (Å²) in [5.41, 5.74) is 0.583. The highest BCUT2D eigenvalue weighted by molar-refractivity contribution is 9.10. The molecule has 5 nitrogen and oxygen atoms in total. The molecule has 4 N–H and O–H groups in total. The minimum Gasteiger partial charge on any atom is -0.478 e. The Morgan fingerprint density at radius 2 is 1.84 bits per heavy atom. The van der Waals surface area contributed by atoms with Crippen molar-refractivity contribution in [3.8, 4) is 0 Å². The molecular formula is C12H17BrClN3O2. The third-order valence-electron chi connectivity index (χ3n) is 2.53. The van der Waals surface area contributed by atoms with Crippen LogP contribution in [0, 0.1) is 0 Å². The summed E-state index contributed by atoms with van der Waals surface area (Å²) >= 11 is 9.08. The van der Waals surface area contributed by atoms with Crippen LogP contribution in [0.1, 0.15) is 10.4 Å². The van der Waals surface area contributed by atoms with E-state index in [-0.39, 0.29) is 5.56 Å². The van der Waals surface area contributed by atoms with Crippen LogP contribution in [0.4, 0.5) is 5.69 Å². The minimum absolute atomic E-state index is 0.163. The van der Waals surface area contributed by atoms with E-state index in [0.717, 1.165) is 26.2 Å². The molecule has 0 amide bonds. The van der Waals surface area contributed by atoms with Gasteiger partial charge in [-0.1, -0.05) is 11.6 Å². The largest absolute Gasteiger partial charge is 0.478 e. The van der Waals surface area contributed by atoms with Crippen molar-refractivity contribution in [1.29, 1.82) is 0 Å². The number of anilines is 1. The molecule has 1 heterocycles. The second-order valence-electron chi connectivity index (χ2n) is 3.84. The number of carboxylic acids is 1. The summed E-state index contributed by atoms with van der Waals surface area (Å²) in [6, 6.07) is 3.09. The molecule has 0 spiro atoms. The zero-order valence-electron chi connectivity index (χ0n) is 10.6. The summed E-state index contributed by atoms with van der Waals surface area (Å²) in [6.45, 7) is 4.56. The normalized spacial score (nSPS) is 14.3. The van der Waals surface area contributed by atoms with Crippen LogP contribution in [0.15, 0.2) is 16.6 Å². The summed E-state index contributed by atoms with van der Waals surface area (Å²) < 4.78 is 0.670. The molecule has 7 heteroatoms. The number of carbonyl (C=O) groups is 1. The summed E-state index contributed by atoms with van der Waals surface area (Å²) in [6.07, 6.45) is 0. The van der Waals surface area contributed by atoms with Crippen LogP contribution in [0.5, 0.6) is 0 Å². The number of halogens is 2. The van der Waals surface area contributed by atoms with Crippen molar-refractivity contribution in [2.24, 2.45) is 0 Å². The lowest BCUT2D eigenvalue weighted by molar-refractivity contribution is 0.0698. The van der Waals surface area contributed by atoms with Crippen LogP contribution in [-0.4, -0.2) is 44.3 Å². The summed E-state index contributed by atoms with van der Waals surface area (Å²) in [4.78, 5) is 10.7. The van der Waals surface area contributed by atoms with Crippen LogP contribution >= 0.6 is 27.5 Å². The number of hydrogen-bond acceptors (Lipinski definition) is 4. The molecule has 0 bridgehead atoms. The average Bonchev–Trinajstić information content (AvgIpc) is 2.44. The highest BCUT2D eigenvalue weighted by Gasteiger charge is 2.13. The lowest BCUT2D eigenvalue weighted by atomic mass is 10.2. The van der Waals surface area contributed by atoms with E-state index in [1.165, 1.54) is 6.07 Å². The van der Waals surface area contributed by atoms with E-state index in [1.807, 2.05) is 0 Å². The Labute approximate surface area is 125 Å². The third-order valence-corrected chi connectivity index (χ3v) is 3.81. The quantitative estimate of drug-likeness (QED) is 0.657. The molecule has 1 aromatic rings. The topological polar surface area (TPSA) is 73.4 Å². The van der Waals surface area contributed by atoms with Gasteiger partial charge in [0.15, 0.2) is 0 Å². The van der Waals surface area contributed by atoms with E-state index in [1.54, 1.807) is 13.1 Å². The Morgan fingerprint density at radius 3 is 2.21 bits per heavy atom. The van der Waals surface area contributed by atoms with Crippen molar-refractivity contribution >= 4 is 39.2 Å². The first-order valence-electron chi connectivity index (χ1n) is 5.88. The highest BCUT2D eigenvalue weighted by atomic mass is 79.9. The van der Waals surface area contributed by atoms with E-state index >= 15 is 0 Å². The minimum atomic E-state index is -1.00. The lowest BCUT2D eigenvalue weighted by Gasteiger charge is -2.11. The Kier molecular flexibility index (Phi) is 7.15. The number of rotatable bonds is 2. The smallest absolute Gasteiger partial charge is 0.337 e. The fourth-order valence-corrected chi connectivity index (χ4v) is 2.17. The van der Waals surface area contributed by atoms with Crippen LogP contribution in [0.2, 0.25) is 5.02 Å². The maximum Gasteiger partial charge on any atom is 0.337 e. The molecule has 0 unspecified atom stereocenters. The third kappa shape index (κ3) is 4.99. The van der Waals surface area contributed by atoms with Gasteiger partial charge < -0.3 is 21.1 Å². The maximum absolute atomic E-state index is 10.7. The molecule has 2 rings (SSSR count). The van der Waals surface area contributed by atoms with Gasteiger partial charge in [-0.15, -0.1) is 0 Å². The van der Waals surface area contributed by atoms with Gasteiger partial charge in [-0.2, -0.15) is 0 Å². The number of nitrogens with one attached hydrogen (secondary N) is 3. The molecule has 0 aliphatic carbocycles. The fourth-order valence-electron chi connectivity index (χ4n) is 1.58.